The second-order valence-electron chi connectivity index (χ2n) is 7.99. The van der Waals surface area contributed by atoms with Crippen LogP contribution in [0.1, 0.15) is 49.8 Å². The Bertz CT molecular complexity index is 1060. The molecule has 1 unspecified atom stereocenters. The Morgan fingerprint density at radius 2 is 1.75 bits per heavy atom. The summed E-state index contributed by atoms with van der Waals surface area (Å²) in [4.78, 5) is 28.0. The SMILES string of the molecule is CCOc1ccc(C2/C(=C(\O)c3cc(OC)ccc3Cl)C(=O)C(=O)N2C2CCCC2)cc1. The lowest BCUT2D eigenvalue weighted by molar-refractivity contribution is -0.141. The second kappa shape index (κ2) is 9.25. The van der Waals surface area contributed by atoms with Gasteiger partial charge < -0.3 is 19.5 Å². The third kappa shape index (κ3) is 3.95. The molecule has 7 heteroatoms. The lowest BCUT2D eigenvalue weighted by Gasteiger charge is -2.30. The smallest absolute Gasteiger partial charge is 0.295 e. The Morgan fingerprint density at radius 3 is 2.38 bits per heavy atom. The van der Waals surface area contributed by atoms with Crippen molar-refractivity contribution in [3.63, 3.8) is 0 Å². The highest BCUT2D eigenvalue weighted by molar-refractivity contribution is 6.47. The number of methoxy groups -OCH3 is 1. The number of ether oxygens (including phenoxy) is 2. The standard InChI is InChI=1S/C25H26ClNO5/c1-3-32-17-10-8-15(9-11-17)22-21(23(28)19-14-18(31-2)12-13-20(19)26)24(29)25(30)27(22)16-6-4-5-7-16/h8-14,16,22,28H,3-7H2,1-2H3/b23-21+. The van der Waals surface area contributed by atoms with E-state index in [-0.39, 0.29) is 28.0 Å². The second-order valence-corrected chi connectivity index (χ2v) is 8.40. The molecule has 0 bridgehead atoms. The van der Waals surface area contributed by atoms with Gasteiger partial charge in [0, 0.05) is 11.6 Å². The monoisotopic (exact) mass is 455 g/mol. The number of ketones is 1. The van der Waals surface area contributed by atoms with E-state index < -0.39 is 17.7 Å². The molecule has 2 aromatic rings. The van der Waals surface area contributed by atoms with Gasteiger partial charge in [-0.1, -0.05) is 36.6 Å². The summed E-state index contributed by atoms with van der Waals surface area (Å²) in [6.07, 6.45) is 3.68. The van der Waals surface area contributed by atoms with Gasteiger partial charge in [-0.15, -0.1) is 0 Å². The minimum atomic E-state index is -0.702. The zero-order valence-corrected chi connectivity index (χ0v) is 18.9. The van der Waals surface area contributed by atoms with Crippen LogP contribution in [-0.4, -0.2) is 41.5 Å². The highest BCUT2D eigenvalue weighted by Crippen LogP contribution is 2.44. The maximum Gasteiger partial charge on any atom is 0.295 e. The number of hydrogen-bond donors (Lipinski definition) is 1. The number of carbonyl (C=O) groups is 2. The highest BCUT2D eigenvalue weighted by atomic mass is 35.5. The summed E-state index contributed by atoms with van der Waals surface area (Å²) >= 11 is 6.35. The lowest BCUT2D eigenvalue weighted by Crippen LogP contribution is -2.37. The summed E-state index contributed by atoms with van der Waals surface area (Å²) in [6, 6.07) is 11.4. The fourth-order valence-corrected chi connectivity index (χ4v) is 4.81. The molecule has 1 atom stereocenters. The summed E-state index contributed by atoms with van der Waals surface area (Å²) in [7, 11) is 1.51. The summed E-state index contributed by atoms with van der Waals surface area (Å²) in [6.45, 7) is 2.44. The van der Waals surface area contributed by atoms with Crippen LogP contribution in [0, 0.1) is 0 Å². The molecule has 6 nitrogen and oxygen atoms in total. The quantitative estimate of drug-likeness (QED) is 0.372. The van der Waals surface area contributed by atoms with Crippen LogP contribution in [0.5, 0.6) is 11.5 Å². The van der Waals surface area contributed by atoms with Gasteiger partial charge in [-0.05, 0) is 55.7 Å². The van der Waals surface area contributed by atoms with Gasteiger partial charge in [0.2, 0.25) is 0 Å². The Balaban J connectivity index is 1.87. The molecule has 1 saturated heterocycles. The van der Waals surface area contributed by atoms with E-state index in [1.807, 2.05) is 31.2 Å². The molecule has 1 heterocycles. The third-order valence-electron chi connectivity index (χ3n) is 6.13. The van der Waals surface area contributed by atoms with Crippen LogP contribution in [0.15, 0.2) is 48.0 Å². The van der Waals surface area contributed by atoms with Crippen molar-refractivity contribution in [3.8, 4) is 11.5 Å². The van der Waals surface area contributed by atoms with Crippen molar-refractivity contribution in [1.29, 1.82) is 0 Å². The van der Waals surface area contributed by atoms with Crippen molar-refractivity contribution in [2.75, 3.05) is 13.7 Å². The normalized spacial score (nSPS) is 20.7. The van der Waals surface area contributed by atoms with E-state index in [1.165, 1.54) is 7.11 Å². The molecular formula is C25H26ClNO5. The fourth-order valence-electron chi connectivity index (χ4n) is 4.61. The number of nitrogens with zero attached hydrogens (tertiary/aromatic N) is 1. The van der Waals surface area contributed by atoms with Crippen molar-refractivity contribution in [2.45, 2.75) is 44.7 Å². The molecule has 0 spiro atoms. The van der Waals surface area contributed by atoms with Gasteiger partial charge in [0.1, 0.15) is 17.3 Å². The van der Waals surface area contributed by atoms with Gasteiger partial charge in [0.25, 0.3) is 11.7 Å². The summed E-state index contributed by atoms with van der Waals surface area (Å²) in [5.41, 5.74) is 1.03. The van der Waals surface area contributed by atoms with Crippen LogP contribution in [0.4, 0.5) is 0 Å². The van der Waals surface area contributed by atoms with Crippen molar-refractivity contribution < 1.29 is 24.2 Å². The number of likely N-dealkylation sites (tertiary alicyclic amines) is 1. The minimum Gasteiger partial charge on any atom is -0.507 e. The number of halogens is 1. The van der Waals surface area contributed by atoms with Gasteiger partial charge in [-0.3, -0.25) is 9.59 Å². The van der Waals surface area contributed by atoms with Crippen LogP contribution in [0.25, 0.3) is 5.76 Å². The first-order valence-electron chi connectivity index (χ1n) is 10.8. The average Bonchev–Trinajstić information content (AvgIpc) is 3.41. The van der Waals surface area contributed by atoms with E-state index >= 15 is 0 Å². The van der Waals surface area contributed by atoms with Crippen molar-refractivity contribution in [1.82, 2.24) is 4.90 Å². The Hall–Kier alpha value is -2.99. The molecule has 1 aliphatic heterocycles. The number of carbonyl (C=O) groups excluding carboxylic acids is 2. The number of aliphatic hydroxyl groups excluding tert-OH is 1. The molecule has 168 valence electrons. The van der Waals surface area contributed by atoms with Crippen molar-refractivity contribution >= 4 is 29.1 Å². The maximum atomic E-state index is 13.2. The number of rotatable bonds is 6. The molecule has 4 rings (SSSR count). The van der Waals surface area contributed by atoms with Crippen LogP contribution < -0.4 is 9.47 Å². The average molecular weight is 456 g/mol. The molecule has 0 radical (unpaired) electrons. The minimum absolute atomic E-state index is 0.0428. The number of Topliss-reactive ketones (excluding diaryl/α,β-unsaturated/α-hetero) is 1. The van der Waals surface area contributed by atoms with Gasteiger partial charge in [0.05, 0.1) is 30.4 Å². The molecule has 2 fully saturated rings. The number of aliphatic hydroxyl groups is 1. The predicted molar refractivity (Wildman–Crippen MR) is 122 cm³/mol. The summed E-state index contributed by atoms with van der Waals surface area (Å²) in [5.74, 6) is -0.404. The Morgan fingerprint density at radius 1 is 1.09 bits per heavy atom. The largest absolute Gasteiger partial charge is 0.507 e. The molecule has 1 amide bonds. The van der Waals surface area contributed by atoms with Crippen LogP contribution >= 0.6 is 11.6 Å². The molecule has 1 N–H and O–H groups in total. The van der Waals surface area contributed by atoms with Gasteiger partial charge in [-0.2, -0.15) is 0 Å². The Kier molecular flexibility index (Phi) is 6.42. The van der Waals surface area contributed by atoms with Crippen LogP contribution in [0.2, 0.25) is 5.02 Å². The summed E-state index contributed by atoms with van der Waals surface area (Å²) in [5, 5.41) is 11.5. The van der Waals surface area contributed by atoms with E-state index in [4.69, 9.17) is 21.1 Å². The topological polar surface area (TPSA) is 76.1 Å². The van der Waals surface area contributed by atoms with E-state index in [0.29, 0.717) is 18.1 Å². The van der Waals surface area contributed by atoms with Crippen LogP contribution in [-0.2, 0) is 9.59 Å². The van der Waals surface area contributed by atoms with Crippen LogP contribution in [0.3, 0.4) is 0 Å². The Labute approximate surface area is 192 Å². The van der Waals surface area contributed by atoms with Crippen molar-refractivity contribution in [3.05, 3.63) is 64.2 Å². The molecular weight excluding hydrogens is 430 g/mol. The van der Waals surface area contributed by atoms with E-state index in [1.54, 1.807) is 23.1 Å². The highest BCUT2D eigenvalue weighted by Gasteiger charge is 2.49. The molecule has 2 aromatic carbocycles. The number of hydrogen-bond acceptors (Lipinski definition) is 5. The molecule has 32 heavy (non-hydrogen) atoms. The van der Waals surface area contributed by atoms with Crippen molar-refractivity contribution in [2.24, 2.45) is 0 Å². The maximum absolute atomic E-state index is 13.2. The molecule has 0 aromatic heterocycles. The first-order valence-corrected chi connectivity index (χ1v) is 11.2. The number of amides is 1. The summed E-state index contributed by atoms with van der Waals surface area (Å²) < 4.78 is 10.8. The predicted octanol–water partition coefficient (Wildman–Crippen LogP) is 5.11. The third-order valence-corrected chi connectivity index (χ3v) is 6.46. The molecule has 1 saturated carbocycles. The van der Waals surface area contributed by atoms with E-state index in [9.17, 15) is 14.7 Å². The van der Waals surface area contributed by atoms with Gasteiger partial charge in [-0.25, -0.2) is 0 Å². The fraction of sp³-hybridized carbons (Fsp3) is 0.360. The lowest BCUT2D eigenvalue weighted by atomic mass is 9.94. The molecule has 1 aliphatic carbocycles. The first kappa shape index (κ1) is 22.2. The first-order chi connectivity index (χ1) is 15.5. The molecule has 2 aliphatic rings. The van der Waals surface area contributed by atoms with E-state index in [0.717, 1.165) is 31.2 Å². The zero-order valence-electron chi connectivity index (χ0n) is 18.1. The van der Waals surface area contributed by atoms with Gasteiger partial charge >= 0.3 is 0 Å². The zero-order chi connectivity index (χ0) is 22.8. The van der Waals surface area contributed by atoms with E-state index in [2.05, 4.69) is 0 Å². The number of benzene rings is 2. The van der Waals surface area contributed by atoms with Gasteiger partial charge in [0.15, 0.2) is 0 Å².